The van der Waals surface area contributed by atoms with Crippen molar-refractivity contribution in [2.24, 2.45) is 17.1 Å². The quantitative estimate of drug-likeness (QED) is 0.698. The van der Waals surface area contributed by atoms with Crippen LogP contribution in [0.5, 0.6) is 0 Å². The maximum atomic E-state index is 10.9. The van der Waals surface area contributed by atoms with Crippen molar-refractivity contribution >= 4 is 5.97 Å². The molecule has 4 nitrogen and oxygen atoms in total. The molecule has 80 valence electrons. The highest BCUT2D eigenvalue weighted by molar-refractivity contribution is 5.74. The summed E-state index contributed by atoms with van der Waals surface area (Å²) in [6.07, 6.45) is 4.65. The fourth-order valence-electron chi connectivity index (χ4n) is 2.75. The highest BCUT2D eigenvalue weighted by Gasteiger charge is 2.53. The van der Waals surface area contributed by atoms with Crippen LogP contribution in [-0.4, -0.2) is 30.3 Å². The van der Waals surface area contributed by atoms with Crippen LogP contribution < -0.4 is 5.73 Å². The van der Waals surface area contributed by atoms with Gasteiger partial charge in [-0.1, -0.05) is 12.8 Å². The fourth-order valence-corrected chi connectivity index (χ4v) is 2.75. The van der Waals surface area contributed by atoms with Crippen molar-refractivity contribution in [3.8, 4) is 0 Å². The van der Waals surface area contributed by atoms with Gasteiger partial charge in [0.25, 0.3) is 0 Å². The average molecular weight is 199 g/mol. The highest BCUT2D eigenvalue weighted by Crippen LogP contribution is 2.46. The molecule has 2 aliphatic rings. The smallest absolute Gasteiger partial charge is 0.321 e. The van der Waals surface area contributed by atoms with Crippen molar-refractivity contribution in [3.63, 3.8) is 0 Å². The van der Waals surface area contributed by atoms with Crippen molar-refractivity contribution in [3.05, 3.63) is 0 Å². The molecule has 1 aliphatic carbocycles. The van der Waals surface area contributed by atoms with E-state index in [0.29, 0.717) is 19.1 Å². The second kappa shape index (κ2) is 3.51. The minimum Gasteiger partial charge on any atom is -0.480 e. The van der Waals surface area contributed by atoms with Crippen LogP contribution in [0.4, 0.5) is 0 Å². The number of carboxylic acids is 1. The van der Waals surface area contributed by atoms with Gasteiger partial charge in [0.2, 0.25) is 0 Å². The molecule has 3 N–H and O–H groups in total. The van der Waals surface area contributed by atoms with E-state index in [9.17, 15) is 4.79 Å². The molecule has 1 saturated carbocycles. The maximum absolute atomic E-state index is 10.9. The number of ether oxygens (including phenoxy) is 1. The molecule has 1 atom stereocenters. The lowest BCUT2D eigenvalue weighted by atomic mass is 9.67. The highest BCUT2D eigenvalue weighted by atomic mass is 16.5. The summed E-state index contributed by atoms with van der Waals surface area (Å²) in [5.74, 6) is -0.428. The average Bonchev–Trinajstić information content (AvgIpc) is 2.55. The second-order valence-corrected chi connectivity index (χ2v) is 4.52. The fraction of sp³-hybridized carbons (Fsp3) is 0.900. The summed E-state index contributed by atoms with van der Waals surface area (Å²) < 4.78 is 5.18. The van der Waals surface area contributed by atoms with Crippen LogP contribution in [0.3, 0.4) is 0 Å². The third-order valence-corrected chi connectivity index (χ3v) is 3.80. The molecule has 4 heteroatoms. The molecule has 0 spiro atoms. The largest absolute Gasteiger partial charge is 0.480 e. The van der Waals surface area contributed by atoms with Gasteiger partial charge >= 0.3 is 5.97 Å². The molecular formula is C10H17NO3. The Morgan fingerprint density at radius 3 is 2.36 bits per heavy atom. The summed E-state index contributed by atoms with van der Waals surface area (Å²) in [6.45, 7) is 1.07. The van der Waals surface area contributed by atoms with Crippen molar-refractivity contribution in [1.82, 2.24) is 0 Å². The predicted molar refractivity (Wildman–Crippen MR) is 50.8 cm³/mol. The number of rotatable bonds is 3. The van der Waals surface area contributed by atoms with E-state index in [1.54, 1.807) is 0 Å². The summed E-state index contributed by atoms with van der Waals surface area (Å²) in [4.78, 5) is 10.9. The van der Waals surface area contributed by atoms with E-state index in [-0.39, 0.29) is 5.41 Å². The van der Waals surface area contributed by atoms with Crippen LogP contribution in [0.25, 0.3) is 0 Å². The molecule has 0 aromatic heterocycles. The Labute approximate surface area is 83.4 Å². The normalized spacial score (nSPS) is 28.4. The zero-order valence-electron chi connectivity index (χ0n) is 8.24. The van der Waals surface area contributed by atoms with Crippen LogP contribution >= 0.6 is 0 Å². The molecule has 0 amide bonds. The van der Waals surface area contributed by atoms with E-state index in [2.05, 4.69) is 0 Å². The van der Waals surface area contributed by atoms with Gasteiger partial charge in [-0.3, -0.25) is 4.79 Å². The van der Waals surface area contributed by atoms with Gasteiger partial charge in [-0.15, -0.1) is 0 Å². The summed E-state index contributed by atoms with van der Waals surface area (Å²) in [6, 6.07) is -0.751. The minimum absolute atomic E-state index is 0.262. The minimum atomic E-state index is -0.889. The first kappa shape index (κ1) is 9.93. The van der Waals surface area contributed by atoms with Gasteiger partial charge in [-0.2, -0.15) is 0 Å². The molecule has 1 heterocycles. The lowest BCUT2D eigenvalue weighted by Gasteiger charge is -2.48. The molecule has 0 bridgehead atoms. The van der Waals surface area contributed by atoms with Gasteiger partial charge < -0.3 is 15.6 Å². The molecule has 1 aliphatic heterocycles. The van der Waals surface area contributed by atoms with Crippen molar-refractivity contribution in [1.29, 1.82) is 0 Å². The number of carbonyl (C=O) groups is 1. The van der Waals surface area contributed by atoms with Gasteiger partial charge in [0, 0.05) is 5.41 Å². The van der Waals surface area contributed by atoms with E-state index >= 15 is 0 Å². The van der Waals surface area contributed by atoms with Crippen LogP contribution in [0.15, 0.2) is 0 Å². The van der Waals surface area contributed by atoms with E-state index in [0.717, 1.165) is 12.8 Å². The van der Waals surface area contributed by atoms with Crippen LogP contribution in [0.2, 0.25) is 0 Å². The lowest BCUT2D eigenvalue weighted by Crippen LogP contribution is -2.61. The van der Waals surface area contributed by atoms with Crippen LogP contribution in [-0.2, 0) is 9.53 Å². The van der Waals surface area contributed by atoms with Crippen molar-refractivity contribution in [2.45, 2.75) is 31.7 Å². The van der Waals surface area contributed by atoms with Crippen molar-refractivity contribution < 1.29 is 14.6 Å². The standard InChI is InChI=1S/C10H17NO3/c11-8(9(12)13)10(5-14-6-10)7-3-1-2-4-7/h7-8H,1-6,11H2,(H,12,13). The summed E-state index contributed by atoms with van der Waals surface area (Å²) in [7, 11) is 0. The van der Waals surface area contributed by atoms with Gasteiger partial charge in [-0.05, 0) is 18.8 Å². The van der Waals surface area contributed by atoms with Gasteiger partial charge in [0.15, 0.2) is 0 Å². The Bertz CT molecular complexity index is 232. The first-order valence-electron chi connectivity index (χ1n) is 5.23. The van der Waals surface area contributed by atoms with E-state index in [1.165, 1.54) is 12.8 Å². The zero-order chi connectivity index (χ0) is 10.2. The lowest BCUT2D eigenvalue weighted by molar-refractivity contribution is -0.177. The van der Waals surface area contributed by atoms with E-state index in [1.807, 2.05) is 0 Å². The van der Waals surface area contributed by atoms with E-state index < -0.39 is 12.0 Å². The molecule has 0 aromatic carbocycles. The number of hydrogen-bond acceptors (Lipinski definition) is 3. The predicted octanol–water partition coefficient (Wildman–Crippen LogP) is 0.605. The molecule has 2 rings (SSSR count). The molecule has 0 radical (unpaired) electrons. The molecule has 14 heavy (non-hydrogen) atoms. The summed E-state index contributed by atoms with van der Waals surface area (Å²) >= 11 is 0. The first-order valence-corrected chi connectivity index (χ1v) is 5.23. The molecule has 0 aromatic rings. The molecule has 1 saturated heterocycles. The zero-order valence-corrected chi connectivity index (χ0v) is 8.24. The number of aliphatic carboxylic acids is 1. The Kier molecular flexibility index (Phi) is 2.49. The van der Waals surface area contributed by atoms with Crippen molar-refractivity contribution in [2.75, 3.05) is 13.2 Å². The van der Waals surface area contributed by atoms with Gasteiger partial charge in [0.05, 0.1) is 13.2 Å². The SMILES string of the molecule is NC(C(=O)O)C1(C2CCCC2)COC1. The second-order valence-electron chi connectivity index (χ2n) is 4.52. The first-order chi connectivity index (χ1) is 6.67. The number of nitrogens with two attached hydrogens (primary N) is 1. The monoisotopic (exact) mass is 199 g/mol. The molecule has 1 unspecified atom stereocenters. The Balaban J connectivity index is 2.11. The van der Waals surface area contributed by atoms with Gasteiger partial charge in [-0.25, -0.2) is 0 Å². The maximum Gasteiger partial charge on any atom is 0.321 e. The molecule has 2 fully saturated rings. The third kappa shape index (κ3) is 1.33. The number of carboxylic acid groups (broad SMARTS) is 1. The Hall–Kier alpha value is -0.610. The summed E-state index contributed by atoms with van der Waals surface area (Å²) in [5, 5.41) is 8.96. The summed E-state index contributed by atoms with van der Waals surface area (Å²) in [5.41, 5.74) is 5.50. The van der Waals surface area contributed by atoms with Crippen LogP contribution in [0, 0.1) is 11.3 Å². The Morgan fingerprint density at radius 1 is 1.43 bits per heavy atom. The third-order valence-electron chi connectivity index (χ3n) is 3.80. The number of hydrogen-bond donors (Lipinski definition) is 2. The topological polar surface area (TPSA) is 72.6 Å². The van der Waals surface area contributed by atoms with Gasteiger partial charge in [0.1, 0.15) is 6.04 Å². The Morgan fingerprint density at radius 2 is 2.00 bits per heavy atom. The van der Waals surface area contributed by atoms with E-state index in [4.69, 9.17) is 15.6 Å². The van der Waals surface area contributed by atoms with Crippen LogP contribution in [0.1, 0.15) is 25.7 Å². The molecular weight excluding hydrogens is 182 g/mol.